The molecule has 0 aliphatic heterocycles. The first-order chi connectivity index (χ1) is 15.2. The van der Waals surface area contributed by atoms with Crippen molar-refractivity contribution < 1.29 is 4.42 Å². The Labute approximate surface area is 188 Å². The summed E-state index contributed by atoms with van der Waals surface area (Å²) in [5.41, 5.74) is 4.25. The van der Waals surface area contributed by atoms with Crippen LogP contribution < -0.4 is 0 Å². The molecule has 0 aliphatic rings. The summed E-state index contributed by atoms with van der Waals surface area (Å²) in [6.07, 6.45) is 1.76. The molecule has 2 heterocycles. The maximum atomic E-state index is 6.24. The van der Waals surface area contributed by atoms with Gasteiger partial charge in [-0.3, -0.25) is 0 Å². The summed E-state index contributed by atoms with van der Waals surface area (Å²) in [7, 11) is 0. The van der Waals surface area contributed by atoms with Gasteiger partial charge in [-0.2, -0.15) is 4.98 Å². The highest BCUT2D eigenvalue weighted by molar-refractivity contribution is 7.71. The third-order valence-electron chi connectivity index (χ3n) is 4.87. The van der Waals surface area contributed by atoms with Crippen molar-refractivity contribution in [3.8, 4) is 22.5 Å². The van der Waals surface area contributed by atoms with Crippen LogP contribution in [-0.2, 0) is 0 Å². The first kappa shape index (κ1) is 19.4. The van der Waals surface area contributed by atoms with E-state index in [0.717, 1.165) is 33.4 Å². The largest absolute Gasteiger partial charge is 0.437 e. The monoisotopic (exact) mass is 441 g/mol. The minimum atomic E-state index is 0.309. The van der Waals surface area contributed by atoms with Crippen LogP contribution in [0.4, 0.5) is 5.82 Å². The number of hydrogen-bond acceptors (Lipinski definition) is 4. The number of furan rings is 1. The van der Waals surface area contributed by atoms with Gasteiger partial charge in [0.1, 0.15) is 11.6 Å². The quantitative estimate of drug-likeness (QED) is 0.230. The van der Waals surface area contributed by atoms with E-state index in [1.54, 1.807) is 6.21 Å². The number of benzene rings is 3. The van der Waals surface area contributed by atoms with Crippen molar-refractivity contribution in [1.29, 1.82) is 0 Å². The van der Waals surface area contributed by atoms with Crippen molar-refractivity contribution in [2.75, 3.05) is 0 Å². The van der Waals surface area contributed by atoms with Gasteiger partial charge in [0.05, 0.1) is 5.39 Å². The van der Waals surface area contributed by atoms with E-state index in [0.29, 0.717) is 21.3 Å². The van der Waals surface area contributed by atoms with Gasteiger partial charge >= 0.3 is 0 Å². The molecule has 31 heavy (non-hydrogen) atoms. The topological polar surface area (TPSA) is 54.2 Å². The van der Waals surface area contributed by atoms with Gasteiger partial charge in [-0.1, -0.05) is 84.4 Å². The van der Waals surface area contributed by atoms with E-state index in [4.69, 9.17) is 33.2 Å². The van der Waals surface area contributed by atoms with E-state index in [-0.39, 0.29) is 0 Å². The second-order valence-electron chi connectivity index (χ2n) is 6.92. The number of H-pyrrole nitrogens is 1. The average Bonchev–Trinajstić information content (AvgIpc) is 3.19. The number of aromatic nitrogens is 2. The van der Waals surface area contributed by atoms with E-state index in [9.17, 15) is 0 Å². The molecule has 0 saturated heterocycles. The van der Waals surface area contributed by atoms with Crippen LogP contribution in [0, 0.1) is 4.77 Å². The van der Waals surface area contributed by atoms with E-state index in [1.165, 1.54) is 0 Å². The number of aromatic amines is 1. The van der Waals surface area contributed by atoms with E-state index in [1.807, 2.05) is 84.9 Å². The van der Waals surface area contributed by atoms with Gasteiger partial charge in [-0.25, -0.2) is 4.99 Å². The Kier molecular flexibility index (Phi) is 5.20. The van der Waals surface area contributed by atoms with Gasteiger partial charge < -0.3 is 9.40 Å². The number of hydrogen-bond donors (Lipinski definition) is 1. The van der Waals surface area contributed by atoms with Crippen LogP contribution in [0.25, 0.3) is 33.6 Å². The smallest absolute Gasteiger partial charge is 0.233 e. The fraction of sp³-hybridized carbons (Fsp3) is 0. The standard InChI is InChI=1S/C25H16ClN3OS/c26-19-13-11-16(12-14-19)15-27-23-21-20(17-7-3-1-4-8-17)22(18-9-5-2-6-10-18)30-24(21)29-25(31)28-23/h1-15H,(H,28,29,31)/b27-15-. The van der Waals surface area contributed by atoms with Crippen LogP contribution in [0.2, 0.25) is 5.02 Å². The highest BCUT2D eigenvalue weighted by atomic mass is 35.5. The molecule has 0 saturated carbocycles. The highest BCUT2D eigenvalue weighted by Gasteiger charge is 2.21. The number of halogens is 1. The molecule has 6 heteroatoms. The summed E-state index contributed by atoms with van der Waals surface area (Å²) in [6.45, 7) is 0. The van der Waals surface area contributed by atoms with Gasteiger partial charge in [-0.15, -0.1) is 0 Å². The lowest BCUT2D eigenvalue weighted by Crippen LogP contribution is -1.87. The number of fused-ring (bicyclic) bond motifs is 1. The predicted octanol–water partition coefficient (Wildman–Crippen LogP) is 7.62. The lowest BCUT2D eigenvalue weighted by molar-refractivity contribution is 0.617. The summed E-state index contributed by atoms with van der Waals surface area (Å²) in [4.78, 5) is 12.3. The van der Waals surface area contributed by atoms with Gasteiger partial charge in [0.2, 0.25) is 10.5 Å². The molecule has 0 fully saturated rings. The van der Waals surface area contributed by atoms with Crippen LogP contribution in [-0.4, -0.2) is 16.2 Å². The Morgan fingerprint density at radius 3 is 2.19 bits per heavy atom. The Bertz CT molecular complexity index is 1440. The van der Waals surface area contributed by atoms with Crippen molar-refractivity contribution in [3.63, 3.8) is 0 Å². The Hall–Kier alpha value is -3.54. The molecular formula is C25H16ClN3OS. The third-order valence-corrected chi connectivity index (χ3v) is 5.31. The van der Waals surface area contributed by atoms with Crippen LogP contribution in [0.3, 0.4) is 0 Å². The van der Waals surface area contributed by atoms with Crippen molar-refractivity contribution in [2.24, 2.45) is 4.99 Å². The average molecular weight is 442 g/mol. The maximum Gasteiger partial charge on any atom is 0.233 e. The van der Waals surface area contributed by atoms with E-state index in [2.05, 4.69) is 9.97 Å². The number of nitrogens with zero attached hydrogens (tertiary/aromatic N) is 2. The molecule has 5 aromatic rings. The van der Waals surface area contributed by atoms with Crippen molar-refractivity contribution >= 4 is 47.0 Å². The molecule has 0 radical (unpaired) electrons. The zero-order valence-electron chi connectivity index (χ0n) is 16.2. The molecule has 0 spiro atoms. The van der Waals surface area contributed by atoms with Crippen LogP contribution >= 0.6 is 23.8 Å². The van der Waals surface area contributed by atoms with Crippen molar-refractivity contribution in [1.82, 2.24) is 9.97 Å². The lowest BCUT2D eigenvalue weighted by Gasteiger charge is -2.05. The van der Waals surface area contributed by atoms with E-state index < -0.39 is 0 Å². The van der Waals surface area contributed by atoms with Gasteiger partial charge in [-0.05, 0) is 35.5 Å². The molecule has 150 valence electrons. The number of nitrogens with one attached hydrogen (secondary N) is 1. The zero-order chi connectivity index (χ0) is 21.2. The molecule has 0 aliphatic carbocycles. The molecule has 2 aromatic heterocycles. The summed E-state index contributed by atoms with van der Waals surface area (Å²) < 4.78 is 6.55. The summed E-state index contributed by atoms with van der Waals surface area (Å²) in [5.74, 6) is 1.32. The second kappa shape index (κ2) is 8.30. The Morgan fingerprint density at radius 1 is 0.871 bits per heavy atom. The molecule has 4 nitrogen and oxygen atoms in total. The van der Waals surface area contributed by atoms with Crippen LogP contribution in [0.1, 0.15) is 5.56 Å². The maximum absolute atomic E-state index is 6.24. The second-order valence-corrected chi connectivity index (χ2v) is 7.74. The molecule has 0 atom stereocenters. The minimum absolute atomic E-state index is 0.309. The highest BCUT2D eigenvalue weighted by Crippen LogP contribution is 2.43. The number of rotatable bonds is 4. The van der Waals surface area contributed by atoms with Gasteiger partial charge in [0, 0.05) is 22.4 Å². The molecule has 0 bridgehead atoms. The molecule has 5 rings (SSSR count). The van der Waals surface area contributed by atoms with Crippen molar-refractivity contribution in [2.45, 2.75) is 0 Å². The Balaban J connectivity index is 1.78. The first-order valence-corrected chi connectivity index (χ1v) is 10.4. The molecule has 3 aromatic carbocycles. The summed E-state index contributed by atoms with van der Waals surface area (Å²) in [5, 5.41) is 1.46. The van der Waals surface area contributed by atoms with Crippen LogP contribution in [0.5, 0.6) is 0 Å². The lowest BCUT2D eigenvalue weighted by atomic mass is 9.99. The van der Waals surface area contributed by atoms with Crippen molar-refractivity contribution in [3.05, 3.63) is 100 Å². The summed E-state index contributed by atoms with van der Waals surface area (Å²) in [6, 6.07) is 27.5. The number of aliphatic imine (C=N–C) groups is 1. The normalized spacial score (nSPS) is 11.4. The zero-order valence-corrected chi connectivity index (χ0v) is 17.8. The third kappa shape index (κ3) is 3.93. The fourth-order valence-electron chi connectivity index (χ4n) is 3.46. The Morgan fingerprint density at radius 2 is 1.52 bits per heavy atom. The van der Waals surface area contributed by atoms with Crippen LogP contribution in [0.15, 0.2) is 94.3 Å². The minimum Gasteiger partial charge on any atom is -0.437 e. The molecule has 1 N–H and O–H groups in total. The SMILES string of the molecule is S=c1nc2oc(-c3ccccc3)c(-c3ccccc3)c2c(/N=C\c2ccc(Cl)cc2)[nH]1. The molecular weight excluding hydrogens is 426 g/mol. The first-order valence-electron chi connectivity index (χ1n) is 9.66. The van der Waals surface area contributed by atoms with Gasteiger partial charge in [0.15, 0.2) is 0 Å². The fourth-order valence-corrected chi connectivity index (χ4v) is 3.76. The predicted molar refractivity (Wildman–Crippen MR) is 129 cm³/mol. The molecule has 0 amide bonds. The van der Waals surface area contributed by atoms with Gasteiger partial charge in [0.25, 0.3) is 0 Å². The summed E-state index contributed by atoms with van der Waals surface area (Å²) >= 11 is 11.3. The van der Waals surface area contributed by atoms with E-state index >= 15 is 0 Å². The molecule has 0 unspecified atom stereocenters.